The van der Waals surface area contributed by atoms with Crippen LogP contribution in [0.25, 0.3) is 0 Å². The summed E-state index contributed by atoms with van der Waals surface area (Å²) >= 11 is 0. The average molecular weight is 348 g/mol. The van der Waals surface area contributed by atoms with Crippen molar-refractivity contribution in [2.45, 2.75) is 45.2 Å². The number of rotatable bonds is 6. The van der Waals surface area contributed by atoms with Gasteiger partial charge >= 0.3 is 0 Å². The van der Waals surface area contributed by atoms with Gasteiger partial charge in [-0.3, -0.25) is 0 Å². The van der Waals surface area contributed by atoms with E-state index in [4.69, 9.17) is 5.73 Å². The van der Waals surface area contributed by atoms with Crippen molar-refractivity contribution >= 4 is 22.6 Å². The van der Waals surface area contributed by atoms with Crippen molar-refractivity contribution in [3.8, 4) is 0 Å². The van der Waals surface area contributed by atoms with Crippen LogP contribution in [0, 0.1) is 0 Å². The number of halogens is 1. The molecule has 0 bridgehead atoms. The minimum absolute atomic E-state index is 0. The van der Waals surface area contributed by atoms with E-state index in [0.717, 1.165) is 24.8 Å². The Kier molecular flexibility index (Phi) is 6.83. The number of nitrogens with zero attached hydrogens (tertiary/aromatic N) is 1. The van der Waals surface area contributed by atoms with Crippen LogP contribution in [0.5, 0.6) is 0 Å². The van der Waals surface area contributed by atoms with E-state index in [1.165, 1.54) is 9.87 Å². The Morgan fingerprint density at radius 3 is 2.41 bits per heavy atom. The summed E-state index contributed by atoms with van der Waals surface area (Å²) in [7, 11) is -3.48. The molecule has 1 aliphatic heterocycles. The van der Waals surface area contributed by atoms with Crippen molar-refractivity contribution in [3.63, 3.8) is 0 Å². The molecular formula is C15H26ClN3O2S. The van der Waals surface area contributed by atoms with Crippen LogP contribution in [-0.4, -0.2) is 31.4 Å². The summed E-state index contributed by atoms with van der Waals surface area (Å²) in [6.45, 7) is 5.19. The predicted octanol–water partition coefficient (Wildman–Crippen LogP) is 1.82. The van der Waals surface area contributed by atoms with Gasteiger partial charge in [-0.05, 0) is 30.4 Å². The third-order valence-electron chi connectivity index (χ3n) is 4.45. The zero-order chi connectivity index (χ0) is 15.5. The van der Waals surface area contributed by atoms with Gasteiger partial charge < -0.3 is 5.73 Å². The molecule has 0 fully saturated rings. The standard InChI is InChI=1S/C15H25N3O2S.ClH/c1-3-15(16,4-2)12-17-21(19,20)18-10-9-13-7-5-6-8-14(13)11-18;/h5-8,17H,3-4,9-12,16H2,1-2H3;1H. The van der Waals surface area contributed by atoms with Gasteiger partial charge in [0.15, 0.2) is 0 Å². The number of benzene rings is 1. The SMILES string of the molecule is CCC(N)(CC)CNS(=O)(=O)N1CCc2ccccc2C1.Cl. The highest BCUT2D eigenvalue weighted by Gasteiger charge is 2.29. The molecule has 0 unspecified atom stereocenters. The summed E-state index contributed by atoms with van der Waals surface area (Å²) in [6.07, 6.45) is 2.25. The van der Waals surface area contributed by atoms with Crippen LogP contribution < -0.4 is 10.5 Å². The van der Waals surface area contributed by atoms with Crippen molar-refractivity contribution in [2.24, 2.45) is 5.73 Å². The van der Waals surface area contributed by atoms with E-state index in [2.05, 4.69) is 10.8 Å². The fraction of sp³-hybridized carbons (Fsp3) is 0.600. The van der Waals surface area contributed by atoms with Crippen LogP contribution in [0.1, 0.15) is 37.8 Å². The van der Waals surface area contributed by atoms with Crippen LogP contribution in [0.3, 0.4) is 0 Å². The van der Waals surface area contributed by atoms with E-state index in [0.29, 0.717) is 13.1 Å². The number of nitrogens with one attached hydrogen (secondary N) is 1. The summed E-state index contributed by atoms with van der Waals surface area (Å²) in [4.78, 5) is 0. The minimum atomic E-state index is -3.48. The summed E-state index contributed by atoms with van der Waals surface area (Å²) in [6, 6.07) is 7.99. The smallest absolute Gasteiger partial charge is 0.279 e. The van der Waals surface area contributed by atoms with Crippen molar-refractivity contribution in [2.75, 3.05) is 13.1 Å². The lowest BCUT2D eigenvalue weighted by Gasteiger charge is -2.31. The van der Waals surface area contributed by atoms with Crippen LogP contribution >= 0.6 is 12.4 Å². The molecule has 0 radical (unpaired) electrons. The first-order valence-electron chi connectivity index (χ1n) is 7.50. The molecule has 3 N–H and O–H groups in total. The first-order chi connectivity index (χ1) is 9.90. The van der Waals surface area contributed by atoms with E-state index in [1.807, 2.05) is 32.0 Å². The fourth-order valence-corrected chi connectivity index (χ4v) is 3.79. The highest BCUT2D eigenvalue weighted by molar-refractivity contribution is 7.87. The van der Waals surface area contributed by atoms with Gasteiger partial charge in [0.2, 0.25) is 0 Å². The van der Waals surface area contributed by atoms with Crippen LogP contribution in [-0.2, 0) is 23.2 Å². The molecule has 7 heteroatoms. The van der Waals surface area contributed by atoms with Crippen molar-refractivity contribution in [1.29, 1.82) is 0 Å². The third kappa shape index (κ3) is 4.43. The zero-order valence-corrected chi connectivity index (χ0v) is 14.8. The number of fused-ring (bicyclic) bond motifs is 1. The summed E-state index contributed by atoms with van der Waals surface area (Å²) in [5.74, 6) is 0. The maximum Gasteiger partial charge on any atom is 0.279 e. The highest BCUT2D eigenvalue weighted by Crippen LogP contribution is 2.20. The first-order valence-corrected chi connectivity index (χ1v) is 8.94. The topological polar surface area (TPSA) is 75.4 Å². The molecule has 0 saturated carbocycles. The highest BCUT2D eigenvalue weighted by atomic mass is 35.5. The Hall–Kier alpha value is -0.660. The maximum atomic E-state index is 12.4. The largest absolute Gasteiger partial charge is 0.324 e. The molecule has 22 heavy (non-hydrogen) atoms. The van der Waals surface area contributed by atoms with E-state index in [9.17, 15) is 8.42 Å². The second kappa shape index (κ2) is 7.75. The molecule has 0 aromatic heterocycles. The molecular weight excluding hydrogens is 322 g/mol. The van der Waals surface area contributed by atoms with Gasteiger partial charge in [-0.25, -0.2) is 4.72 Å². The Balaban J connectivity index is 0.00000242. The normalized spacial score (nSPS) is 16.0. The molecule has 1 aromatic rings. The second-order valence-electron chi connectivity index (χ2n) is 5.75. The number of hydrogen-bond acceptors (Lipinski definition) is 3. The monoisotopic (exact) mass is 347 g/mol. The van der Waals surface area contributed by atoms with Gasteiger partial charge in [0, 0.05) is 25.2 Å². The van der Waals surface area contributed by atoms with Gasteiger partial charge in [-0.15, -0.1) is 12.4 Å². The summed E-state index contributed by atoms with van der Waals surface area (Å²) in [5, 5.41) is 0. The van der Waals surface area contributed by atoms with Crippen molar-refractivity contribution in [1.82, 2.24) is 9.03 Å². The molecule has 1 aliphatic rings. The lowest BCUT2D eigenvalue weighted by Crippen LogP contribution is -2.52. The Morgan fingerprint density at radius 2 is 1.82 bits per heavy atom. The van der Waals surface area contributed by atoms with Crippen LogP contribution in [0.15, 0.2) is 24.3 Å². The van der Waals surface area contributed by atoms with Gasteiger partial charge in [-0.2, -0.15) is 12.7 Å². The molecule has 0 spiro atoms. The fourth-order valence-electron chi connectivity index (χ4n) is 2.50. The van der Waals surface area contributed by atoms with E-state index in [1.54, 1.807) is 0 Å². The van der Waals surface area contributed by atoms with Crippen LogP contribution in [0.4, 0.5) is 0 Å². The first kappa shape index (κ1) is 19.4. The Morgan fingerprint density at radius 1 is 1.23 bits per heavy atom. The minimum Gasteiger partial charge on any atom is -0.324 e. The molecule has 1 aromatic carbocycles. The Bertz CT molecular complexity index is 588. The van der Waals surface area contributed by atoms with Crippen molar-refractivity contribution in [3.05, 3.63) is 35.4 Å². The van der Waals surface area contributed by atoms with Gasteiger partial charge in [-0.1, -0.05) is 38.1 Å². The summed E-state index contributed by atoms with van der Waals surface area (Å²) < 4.78 is 29.0. The quantitative estimate of drug-likeness (QED) is 0.824. The second-order valence-corrected chi connectivity index (χ2v) is 7.50. The molecule has 0 amide bonds. The zero-order valence-electron chi connectivity index (χ0n) is 13.2. The molecule has 0 atom stereocenters. The molecule has 1 heterocycles. The Labute approximate surface area is 139 Å². The molecule has 0 aliphatic carbocycles. The van der Waals surface area contributed by atoms with Crippen LogP contribution in [0.2, 0.25) is 0 Å². The van der Waals surface area contributed by atoms with E-state index >= 15 is 0 Å². The third-order valence-corrected chi connectivity index (χ3v) is 5.95. The lowest BCUT2D eigenvalue weighted by molar-refractivity contribution is 0.360. The van der Waals surface area contributed by atoms with Gasteiger partial charge in [0.05, 0.1) is 0 Å². The van der Waals surface area contributed by atoms with E-state index < -0.39 is 15.7 Å². The number of nitrogens with two attached hydrogens (primary N) is 1. The molecule has 5 nitrogen and oxygen atoms in total. The molecule has 126 valence electrons. The van der Waals surface area contributed by atoms with E-state index in [-0.39, 0.29) is 19.0 Å². The predicted molar refractivity (Wildman–Crippen MR) is 92.2 cm³/mol. The van der Waals surface area contributed by atoms with Gasteiger partial charge in [0.25, 0.3) is 10.2 Å². The lowest BCUT2D eigenvalue weighted by atomic mass is 9.95. The number of hydrogen-bond donors (Lipinski definition) is 2. The van der Waals surface area contributed by atoms with Crippen molar-refractivity contribution < 1.29 is 8.42 Å². The van der Waals surface area contributed by atoms with Gasteiger partial charge in [0.1, 0.15) is 0 Å². The maximum absolute atomic E-state index is 12.4. The molecule has 2 rings (SSSR count). The average Bonchev–Trinajstić information content (AvgIpc) is 2.52. The molecule has 0 saturated heterocycles. The summed E-state index contributed by atoms with van der Waals surface area (Å²) in [5.41, 5.74) is 8.01.